The van der Waals surface area contributed by atoms with Gasteiger partial charge in [-0.15, -0.1) is 0 Å². The van der Waals surface area contributed by atoms with Crippen molar-refractivity contribution in [3.63, 3.8) is 0 Å². The molecule has 3 aromatic rings. The SMILES string of the molecule is O=C1Nc2ccc(NC3CCCCC3)cc2C1=C(Nc1ccc(CN2CCCCC2)cc1)c1ccccc1. The van der Waals surface area contributed by atoms with Gasteiger partial charge in [0.25, 0.3) is 5.91 Å². The predicted molar refractivity (Wildman–Crippen MR) is 158 cm³/mol. The molecule has 0 radical (unpaired) electrons. The van der Waals surface area contributed by atoms with E-state index in [9.17, 15) is 4.79 Å². The number of nitrogens with zero attached hydrogens (tertiary/aromatic N) is 1. The van der Waals surface area contributed by atoms with Gasteiger partial charge < -0.3 is 16.0 Å². The first-order valence-electron chi connectivity index (χ1n) is 14.3. The molecule has 2 aliphatic heterocycles. The summed E-state index contributed by atoms with van der Waals surface area (Å²) in [5, 5.41) is 10.5. The van der Waals surface area contributed by atoms with Crippen LogP contribution >= 0.6 is 0 Å². The van der Waals surface area contributed by atoms with Crippen LogP contribution in [-0.4, -0.2) is 29.9 Å². The highest BCUT2D eigenvalue weighted by Gasteiger charge is 2.29. The monoisotopic (exact) mass is 506 g/mol. The van der Waals surface area contributed by atoms with Gasteiger partial charge in [-0.05, 0) is 80.2 Å². The summed E-state index contributed by atoms with van der Waals surface area (Å²) in [7, 11) is 0. The Labute approximate surface area is 226 Å². The van der Waals surface area contributed by atoms with Crippen molar-refractivity contribution >= 4 is 34.2 Å². The molecule has 5 heteroatoms. The largest absolute Gasteiger partial charge is 0.382 e. The third-order valence-corrected chi connectivity index (χ3v) is 8.13. The fourth-order valence-corrected chi connectivity index (χ4v) is 6.09. The zero-order valence-electron chi connectivity index (χ0n) is 22.1. The van der Waals surface area contributed by atoms with Crippen LogP contribution in [0.3, 0.4) is 0 Å². The molecular weight excluding hydrogens is 468 g/mol. The molecule has 196 valence electrons. The molecule has 1 amide bonds. The maximum absolute atomic E-state index is 13.4. The van der Waals surface area contributed by atoms with Crippen LogP contribution in [0.4, 0.5) is 17.1 Å². The summed E-state index contributed by atoms with van der Waals surface area (Å²) >= 11 is 0. The van der Waals surface area contributed by atoms with E-state index < -0.39 is 0 Å². The fourth-order valence-electron chi connectivity index (χ4n) is 6.09. The van der Waals surface area contributed by atoms with Gasteiger partial charge in [0.15, 0.2) is 0 Å². The average molecular weight is 507 g/mol. The molecule has 3 aromatic carbocycles. The molecule has 1 saturated carbocycles. The smallest absolute Gasteiger partial charge is 0.258 e. The van der Waals surface area contributed by atoms with E-state index in [2.05, 4.69) is 69.4 Å². The van der Waals surface area contributed by atoms with E-state index in [0.29, 0.717) is 11.6 Å². The van der Waals surface area contributed by atoms with Crippen molar-refractivity contribution in [2.24, 2.45) is 0 Å². The van der Waals surface area contributed by atoms with Crippen LogP contribution < -0.4 is 16.0 Å². The Hall–Kier alpha value is -3.57. The third-order valence-electron chi connectivity index (χ3n) is 8.13. The van der Waals surface area contributed by atoms with Crippen LogP contribution in [0, 0.1) is 0 Å². The minimum absolute atomic E-state index is 0.0668. The summed E-state index contributed by atoms with van der Waals surface area (Å²) in [6.45, 7) is 3.38. The maximum Gasteiger partial charge on any atom is 0.258 e. The molecule has 5 nitrogen and oxygen atoms in total. The normalized spacial score (nSPS) is 19.5. The van der Waals surface area contributed by atoms with Crippen molar-refractivity contribution in [3.8, 4) is 0 Å². The summed E-state index contributed by atoms with van der Waals surface area (Å²) in [5.74, 6) is -0.0668. The van der Waals surface area contributed by atoms with Crippen LogP contribution in [0.25, 0.3) is 11.3 Å². The number of hydrogen-bond acceptors (Lipinski definition) is 4. The summed E-state index contributed by atoms with van der Waals surface area (Å²) in [6.07, 6.45) is 10.3. The topological polar surface area (TPSA) is 56.4 Å². The van der Waals surface area contributed by atoms with Crippen LogP contribution in [0.1, 0.15) is 68.1 Å². The lowest BCUT2D eigenvalue weighted by molar-refractivity contribution is -0.110. The molecule has 6 rings (SSSR count). The van der Waals surface area contributed by atoms with Crippen LogP contribution in [0.2, 0.25) is 0 Å². The Morgan fingerprint density at radius 3 is 2.29 bits per heavy atom. The highest BCUT2D eigenvalue weighted by Crippen LogP contribution is 2.39. The molecule has 2 fully saturated rings. The molecule has 3 N–H and O–H groups in total. The number of benzene rings is 3. The molecule has 1 saturated heterocycles. The maximum atomic E-state index is 13.4. The molecule has 3 aliphatic rings. The van der Waals surface area contributed by atoms with Crippen LogP contribution in [0.15, 0.2) is 72.8 Å². The van der Waals surface area contributed by atoms with Crippen LogP contribution in [0.5, 0.6) is 0 Å². The van der Waals surface area contributed by atoms with Gasteiger partial charge in [0, 0.05) is 35.2 Å². The first kappa shape index (κ1) is 24.7. The lowest BCUT2D eigenvalue weighted by Gasteiger charge is -2.26. The zero-order chi connectivity index (χ0) is 25.7. The van der Waals surface area contributed by atoms with E-state index in [-0.39, 0.29) is 5.91 Å². The van der Waals surface area contributed by atoms with Gasteiger partial charge in [-0.1, -0.05) is 68.1 Å². The molecule has 0 unspecified atom stereocenters. The zero-order valence-corrected chi connectivity index (χ0v) is 22.1. The van der Waals surface area contributed by atoms with E-state index in [1.165, 1.54) is 70.0 Å². The molecule has 0 spiro atoms. The highest BCUT2D eigenvalue weighted by atomic mass is 16.2. The number of anilines is 3. The third kappa shape index (κ3) is 5.63. The van der Waals surface area contributed by atoms with E-state index in [4.69, 9.17) is 0 Å². The number of piperidine rings is 1. The quantitative estimate of drug-likeness (QED) is 0.293. The first-order chi connectivity index (χ1) is 18.7. The minimum Gasteiger partial charge on any atom is -0.382 e. The number of rotatable bonds is 7. The second-order valence-corrected chi connectivity index (χ2v) is 11.0. The Bertz CT molecular complexity index is 1290. The number of amides is 1. The number of carbonyl (C=O) groups excluding carboxylic acids is 1. The number of nitrogens with one attached hydrogen (secondary N) is 3. The van der Waals surface area contributed by atoms with Gasteiger partial charge in [0.1, 0.15) is 0 Å². The summed E-state index contributed by atoms with van der Waals surface area (Å²) in [5.41, 5.74) is 7.73. The predicted octanol–water partition coefficient (Wildman–Crippen LogP) is 7.35. The van der Waals surface area contributed by atoms with Crippen molar-refractivity contribution in [2.45, 2.75) is 64.0 Å². The van der Waals surface area contributed by atoms with Gasteiger partial charge in [-0.3, -0.25) is 9.69 Å². The number of carbonyl (C=O) groups is 1. The van der Waals surface area contributed by atoms with E-state index in [1.54, 1.807) is 0 Å². The molecule has 0 atom stereocenters. The van der Waals surface area contributed by atoms with Crippen molar-refractivity contribution in [1.29, 1.82) is 0 Å². The van der Waals surface area contributed by atoms with Gasteiger partial charge in [0.2, 0.25) is 0 Å². The fraction of sp³-hybridized carbons (Fsp3) is 0.364. The Balaban J connectivity index is 1.30. The Morgan fingerprint density at radius 2 is 1.53 bits per heavy atom. The van der Waals surface area contributed by atoms with Gasteiger partial charge in [-0.2, -0.15) is 0 Å². The van der Waals surface area contributed by atoms with Crippen molar-refractivity contribution in [2.75, 3.05) is 29.0 Å². The summed E-state index contributed by atoms with van der Waals surface area (Å²) in [6, 6.07) is 25.6. The van der Waals surface area contributed by atoms with E-state index in [1.807, 2.05) is 24.3 Å². The Kier molecular flexibility index (Phi) is 7.45. The summed E-state index contributed by atoms with van der Waals surface area (Å²) in [4.78, 5) is 15.9. The lowest BCUT2D eigenvalue weighted by atomic mass is 9.95. The first-order valence-corrected chi connectivity index (χ1v) is 14.3. The minimum atomic E-state index is -0.0668. The van der Waals surface area contributed by atoms with Crippen molar-refractivity contribution in [3.05, 3.63) is 89.5 Å². The number of hydrogen-bond donors (Lipinski definition) is 3. The molecule has 0 bridgehead atoms. The van der Waals surface area contributed by atoms with E-state index in [0.717, 1.165) is 40.4 Å². The lowest BCUT2D eigenvalue weighted by Crippen LogP contribution is -2.29. The second-order valence-electron chi connectivity index (χ2n) is 11.0. The summed E-state index contributed by atoms with van der Waals surface area (Å²) < 4.78 is 0. The number of likely N-dealkylation sites (tertiary alicyclic amines) is 1. The molecule has 38 heavy (non-hydrogen) atoms. The number of fused-ring (bicyclic) bond motifs is 1. The molecule has 1 aliphatic carbocycles. The molecule has 2 heterocycles. The van der Waals surface area contributed by atoms with Crippen molar-refractivity contribution in [1.82, 2.24) is 4.90 Å². The standard InChI is InChI=1S/C33H38N4O/c38-33-31(29-22-28(18-19-30(29)36-33)34-26-12-6-2-7-13-26)32(25-10-4-1-5-11-25)35-27-16-14-24(15-17-27)23-37-20-8-3-9-21-37/h1,4-5,10-11,14-19,22,26,34-35H,2-3,6-9,12-13,20-21,23H2,(H,36,38). The highest BCUT2D eigenvalue weighted by molar-refractivity contribution is 6.37. The van der Waals surface area contributed by atoms with Crippen molar-refractivity contribution < 1.29 is 4.79 Å². The van der Waals surface area contributed by atoms with E-state index >= 15 is 0 Å². The van der Waals surface area contributed by atoms with Gasteiger partial charge >= 0.3 is 0 Å². The second kappa shape index (κ2) is 11.4. The Morgan fingerprint density at radius 1 is 0.816 bits per heavy atom. The average Bonchev–Trinajstić information content (AvgIpc) is 3.29. The molecular formula is C33H38N4O. The molecule has 0 aromatic heterocycles. The van der Waals surface area contributed by atoms with Gasteiger partial charge in [-0.25, -0.2) is 0 Å². The van der Waals surface area contributed by atoms with Gasteiger partial charge in [0.05, 0.1) is 11.3 Å². The van der Waals surface area contributed by atoms with Crippen LogP contribution in [-0.2, 0) is 11.3 Å².